The fourth-order valence-corrected chi connectivity index (χ4v) is 5.26. The van der Waals surface area contributed by atoms with Crippen LogP contribution in [0.3, 0.4) is 0 Å². The van der Waals surface area contributed by atoms with Crippen LogP contribution in [-0.2, 0) is 28.6 Å². The second-order valence-corrected chi connectivity index (χ2v) is 10.4. The normalized spacial score (nSPS) is 17.3. The van der Waals surface area contributed by atoms with E-state index in [4.69, 9.17) is 18.4 Å². The van der Waals surface area contributed by atoms with Crippen molar-refractivity contribution >= 4 is 33.7 Å². The van der Waals surface area contributed by atoms with E-state index in [-0.39, 0.29) is 67.6 Å². The molecule has 1 atom stereocenters. The highest BCUT2D eigenvalue weighted by Gasteiger charge is 2.44. The minimum Gasteiger partial charge on any atom is -0.491 e. The molecule has 13 heteroatoms. The second kappa shape index (κ2) is 11.9. The van der Waals surface area contributed by atoms with Crippen molar-refractivity contribution in [3.05, 3.63) is 53.1 Å². The van der Waals surface area contributed by atoms with Gasteiger partial charge in [0.15, 0.2) is 0 Å². The molecule has 0 aromatic heterocycles. The van der Waals surface area contributed by atoms with E-state index in [2.05, 4.69) is 5.32 Å². The van der Waals surface area contributed by atoms with Gasteiger partial charge in [0.25, 0.3) is 11.8 Å². The maximum Gasteiger partial charge on any atom is 0.300 e. The predicted octanol–water partition coefficient (Wildman–Crippen LogP) is 1.60. The average molecular weight is 561 g/mol. The molecular formula is C26H28N2O10S. The molecule has 2 aromatic rings. The molecule has 1 N–H and O–H groups in total. The summed E-state index contributed by atoms with van der Waals surface area (Å²) >= 11 is 0. The molecule has 1 fully saturated rings. The number of imide groups is 2. The largest absolute Gasteiger partial charge is 0.491 e. The van der Waals surface area contributed by atoms with Crippen LogP contribution in [0.15, 0.2) is 41.3 Å². The van der Waals surface area contributed by atoms with Crippen LogP contribution in [0.4, 0.5) is 0 Å². The lowest BCUT2D eigenvalue weighted by Crippen LogP contribution is -2.54. The summed E-state index contributed by atoms with van der Waals surface area (Å²) in [6, 6.07) is 8.09. The van der Waals surface area contributed by atoms with Gasteiger partial charge in [-0.1, -0.05) is 6.07 Å². The Hall–Kier alpha value is -3.81. The molecule has 0 aliphatic carbocycles. The molecule has 1 saturated heterocycles. The number of aryl methyl sites for hydroxylation is 1. The van der Waals surface area contributed by atoms with Gasteiger partial charge in [0.05, 0.1) is 30.9 Å². The number of piperidine rings is 1. The van der Waals surface area contributed by atoms with Crippen LogP contribution in [0.2, 0.25) is 0 Å². The molecule has 4 rings (SSSR count). The summed E-state index contributed by atoms with van der Waals surface area (Å²) in [5.74, 6) is -1.81. The first-order valence-electron chi connectivity index (χ1n) is 12.3. The minimum atomic E-state index is -3.93. The van der Waals surface area contributed by atoms with E-state index < -0.39 is 39.8 Å². The highest BCUT2D eigenvalue weighted by atomic mass is 32.2. The topological polar surface area (TPSA) is 155 Å². The Kier molecular flexibility index (Phi) is 8.63. The third kappa shape index (κ3) is 6.27. The van der Waals surface area contributed by atoms with Gasteiger partial charge in [-0.2, -0.15) is 8.42 Å². The number of rotatable bonds is 12. The lowest BCUT2D eigenvalue weighted by molar-refractivity contribution is -0.136. The standard InChI is InChI=1S/C26H28N2O10S/c1-3-38-39(33,34)22-8-4-16(2)14-21(22)37-13-11-35-10-12-36-17-5-6-18-19(15-17)26(32)28(25(18)31)20-7-9-23(29)27-24(20)30/h4-6,8,14-15,20H,3,7,9-13H2,1-2H3,(H,27,29,30). The number of ether oxygens (including phenoxy) is 3. The summed E-state index contributed by atoms with van der Waals surface area (Å²) < 4.78 is 46.2. The third-order valence-corrected chi connectivity index (χ3v) is 7.46. The molecule has 0 bridgehead atoms. The maximum absolute atomic E-state index is 12.9. The number of nitrogens with one attached hydrogen (secondary N) is 1. The van der Waals surface area contributed by atoms with E-state index >= 15 is 0 Å². The highest BCUT2D eigenvalue weighted by Crippen LogP contribution is 2.30. The van der Waals surface area contributed by atoms with E-state index in [1.807, 2.05) is 6.92 Å². The van der Waals surface area contributed by atoms with Gasteiger partial charge in [0, 0.05) is 6.42 Å². The van der Waals surface area contributed by atoms with Crippen molar-refractivity contribution in [2.75, 3.05) is 33.0 Å². The lowest BCUT2D eigenvalue weighted by atomic mass is 10.0. The quantitative estimate of drug-likeness (QED) is 0.230. The lowest BCUT2D eigenvalue weighted by Gasteiger charge is -2.27. The Morgan fingerprint density at radius 3 is 2.36 bits per heavy atom. The molecule has 208 valence electrons. The first kappa shape index (κ1) is 28.2. The number of carbonyl (C=O) groups is 4. The highest BCUT2D eigenvalue weighted by molar-refractivity contribution is 7.86. The summed E-state index contributed by atoms with van der Waals surface area (Å²) in [5, 5.41) is 2.16. The molecule has 2 aromatic carbocycles. The fourth-order valence-electron chi connectivity index (χ4n) is 4.22. The van der Waals surface area contributed by atoms with Gasteiger partial charge in [-0.15, -0.1) is 0 Å². The molecule has 2 aliphatic rings. The van der Waals surface area contributed by atoms with Crippen molar-refractivity contribution in [2.24, 2.45) is 0 Å². The number of hydrogen-bond acceptors (Lipinski definition) is 10. The summed E-state index contributed by atoms with van der Waals surface area (Å²) in [7, 11) is -3.93. The van der Waals surface area contributed by atoms with Crippen molar-refractivity contribution in [1.82, 2.24) is 10.2 Å². The molecule has 4 amide bonds. The smallest absolute Gasteiger partial charge is 0.300 e. The summed E-state index contributed by atoms with van der Waals surface area (Å²) in [4.78, 5) is 50.1. The number of amides is 4. The zero-order valence-corrected chi connectivity index (χ0v) is 22.2. The van der Waals surface area contributed by atoms with E-state index in [0.717, 1.165) is 10.5 Å². The monoisotopic (exact) mass is 560 g/mol. The number of benzene rings is 2. The third-order valence-electron chi connectivity index (χ3n) is 6.03. The fraction of sp³-hybridized carbons (Fsp3) is 0.385. The zero-order valence-electron chi connectivity index (χ0n) is 21.4. The summed E-state index contributed by atoms with van der Waals surface area (Å²) in [6.07, 6.45) is 0.121. The van der Waals surface area contributed by atoms with Gasteiger partial charge >= 0.3 is 10.1 Å². The van der Waals surface area contributed by atoms with Gasteiger partial charge in [0.2, 0.25) is 11.8 Å². The van der Waals surface area contributed by atoms with Crippen molar-refractivity contribution in [3.63, 3.8) is 0 Å². The van der Waals surface area contributed by atoms with Crippen LogP contribution in [0.1, 0.15) is 46.0 Å². The zero-order chi connectivity index (χ0) is 28.2. The van der Waals surface area contributed by atoms with Crippen molar-refractivity contribution in [3.8, 4) is 11.5 Å². The van der Waals surface area contributed by atoms with E-state index in [1.165, 1.54) is 18.2 Å². The number of carbonyl (C=O) groups excluding carboxylic acids is 4. The van der Waals surface area contributed by atoms with E-state index in [9.17, 15) is 27.6 Å². The summed E-state index contributed by atoms with van der Waals surface area (Å²) in [6.45, 7) is 3.95. The molecule has 0 radical (unpaired) electrons. The van der Waals surface area contributed by atoms with Crippen molar-refractivity contribution < 1.29 is 46.0 Å². The Morgan fingerprint density at radius 2 is 1.64 bits per heavy atom. The number of hydrogen-bond donors (Lipinski definition) is 1. The van der Waals surface area contributed by atoms with Crippen LogP contribution in [0.5, 0.6) is 11.5 Å². The molecule has 39 heavy (non-hydrogen) atoms. The predicted molar refractivity (Wildman–Crippen MR) is 135 cm³/mol. The first-order chi connectivity index (χ1) is 18.6. The number of fused-ring (bicyclic) bond motifs is 1. The molecule has 12 nitrogen and oxygen atoms in total. The number of nitrogens with zero attached hydrogens (tertiary/aromatic N) is 1. The molecule has 0 spiro atoms. The second-order valence-electron chi connectivity index (χ2n) is 8.77. The molecule has 0 saturated carbocycles. The van der Waals surface area contributed by atoms with Crippen LogP contribution >= 0.6 is 0 Å². The van der Waals surface area contributed by atoms with Gasteiger partial charge in [-0.25, -0.2) is 0 Å². The molecule has 1 unspecified atom stereocenters. The summed E-state index contributed by atoms with van der Waals surface area (Å²) in [5.41, 5.74) is 1.10. The van der Waals surface area contributed by atoms with E-state index in [1.54, 1.807) is 25.1 Å². The van der Waals surface area contributed by atoms with Crippen molar-refractivity contribution in [1.29, 1.82) is 0 Å². The van der Waals surface area contributed by atoms with Gasteiger partial charge < -0.3 is 14.2 Å². The van der Waals surface area contributed by atoms with Gasteiger partial charge in [0.1, 0.15) is 35.7 Å². The maximum atomic E-state index is 12.9. The molecular weight excluding hydrogens is 532 g/mol. The van der Waals surface area contributed by atoms with Crippen molar-refractivity contribution in [2.45, 2.75) is 37.6 Å². The van der Waals surface area contributed by atoms with Crippen LogP contribution in [0.25, 0.3) is 0 Å². The van der Waals surface area contributed by atoms with Gasteiger partial charge in [-0.3, -0.25) is 33.6 Å². The molecule has 2 heterocycles. The Morgan fingerprint density at radius 1 is 0.923 bits per heavy atom. The average Bonchev–Trinajstić information content (AvgIpc) is 3.12. The van der Waals surface area contributed by atoms with Gasteiger partial charge in [-0.05, 0) is 56.2 Å². The molecule has 2 aliphatic heterocycles. The van der Waals surface area contributed by atoms with E-state index in [0.29, 0.717) is 5.75 Å². The van der Waals surface area contributed by atoms with Crippen LogP contribution < -0.4 is 14.8 Å². The SMILES string of the molecule is CCOS(=O)(=O)c1ccc(C)cc1OCCOCCOc1ccc2c(c1)C(=O)N(C1CCC(=O)NC1=O)C2=O. The van der Waals surface area contributed by atoms with Crippen LogP contribution in [0, 0.1) is 6.92 Å². The Bertz CT molecular complexity index is 1410. The first-order valence-corrected chi connectivity index (χ1v) is 13.7. The van der Waals surface area contributed by atoms with Crippen LogP contribution in [-0.4, -0.2) is 76.0 Å². The Labute approximate surface area is 225 Å². The Balaban J connectivity index is 1.26. The minimum absolute atomic E-state index is 0.00550.